The largest absolute Gasteiger partial charge is 0.486 e. The highest BCUT2D eigenvalue weighted by molar-refractivity contribution is 5.91. The number of nitrogens with zero attached hydrogens (tertiary/aromatic N) is 1. The Hall–Kier alpha value is -2.95. The molecule has 0 atom stereocenters. The summed E-state index contributed by atoms with van der Waals surface area (Å²) in [5, 5.41) is 2.26. The first-order valence-electron chi connectivity index (χ1n) is 9.05. The minimum Gasteiger partial charge on any atom is -0.486 e. The van der Waals surface area contributed by atoms with Gasteiger partial charge in [-0.15, -0.1) is 0 Å². The van der Waals surface area contributed by atoms with Gasteiger partial charge in [0.05, 0.1) is 10.9 Å². The van der Waals surface area contributed by atoms with Crippen LogP contribution in [0.3, 0.4) is 0 Å². The van der Waals surface area contributed by atoms with Crippen LogP contribution in [-0.4, -0.2) is 26.4 Å². The lowest BCUT2D eigenvalue weighted by atomic mass is 9.95. The van der Waals surface area contributed by atoms with E-state index in [9.17, 15) is 0 Å². The van der Waals surface area contributed by atoms with Crippen molar-refractivity contribution in [2.75, 3.05) is 26.4 Å². The van der Waals surface area contributed by atoms with Crippen LogP contribution in [0.2, 0.25) is 0 Å². The number of hydrogen-bond acceptors (Lipinski definition) is 4. The number of hydrogen-bond donors (Lipinski definition) is 0. The van der Waals surface area contributed by atoms with Gasteiger partial charge in [0.25, 0.3) is 0 Å². The maximum absolute atomic E-state index is 5.90. The number of ether oxygens (including phenoxy) is 4. The lowest BCUT2D eigenvalue weighted by molar-refractivity contribution is -0.686. The Morgan fingerprint density at radius 2 is 1.54 bits per heavy atom. The molecule has 2 aromatic carbocycles. The maximum atomic E-state index is 5.90. The molecule has 3 aliphatic heterocycles. The van der Waals surface area contributed by atoms with Crippen LogP contribution in [0.4, 0.5) is 0 Å². The van der Waals surface area contributed by atoms with E-state index in [-0.39, 0.29) is 0 Å². The summed E-state index contributed by atoms with van der Waals surface area (Å²) in [5.41, 5.74) is 3.73. The van der Waals surface area contributed by atoms with E-state index in [1.54, 1.807) is 0 Å². The van der Waals surface area contributed by atoms with Gasteiger partial charge in [0.15, 0.2) is 35.7 Å². The molecule has 0 saturated carbocycles. The van der Waals surface area contributed by atoms with Crippen molar-refractivity contribution in [1.82, 2.24) is 0 Å². The van der Waals surface area contributed by atoms with Crippen LogP contribution in [0.1, 0.15) is 5.56 Å². The SMILES string of the molecule is c1c2c(cc3c1OCCO3)-c1cc3ccc4c(c3c[n+]1CC2)OCCO4. The molecule has 5 heteroatoms. The van der Waals surface area contributed by atoms with Gasteiger partial charge >= 0.3 is 0 Å². The van der Waals surface area contributed by atoms with Crippen LogP contribution in [0, 0.1) is 0 Å². The summed E-state index contributed by atoms with van der Waals surface area (Å²) in [6.07, 6.45) is 3.17. The summed E-state index contributed by atoms with van der Waals surface area (Å²) in [6, 6.07) is 10.6. The normalized spacial score (nSPS) is 16.8. The van der Waals surface area contributed by atoms with Crippen molar-refractivity contribution in [3.8, 4) is 34.3 Å². The van der Waals surface area contributed by atoms with Crippen molar-refractivity contribution in [2.24, 2.45) is 0 Å². The van der Waals surface area contributed by atoms with Gasteiger partial charge in [0.2, 0.25) is 5.69 Å². The smallest absolute Gasteiger partial charge is 0.213 e. The molecule has 3 aromatic rings. The zero-order valence-corrected chi connectivity index (χ0v) is 14.3. The fourth-order valence-corrected chi connectivity index (χ4v) is 4.10. The van der Waals surface area contributed by atoms with E-state index in [2.05, 4.69) is 35.0 Å². The number of fused-ring (bicyclic) bond motifs is 7. The summed E-state index contributed by atoms with van der Waals surface area (Å²) in [6.45, 7) is 3.36. The molecule has 0 fully saturated rings. The predicted octanol–water partition coefficient (Wildman–Crippen LogP) is 2.89. The van der Waals surface area contributed by atoms with Crippen LogP contribution in [0.15, 0.2) is 36.5 Å². The third-order valence-corrected chi connectivity index (χ3v) is 5.33. The summed E-state index contributed by atoms with van der Waals surface area (Å²) < 4.78 is 25.5. The van der Waals surface area contributed by atoms with Gasteiger partial charge in [0, 0.05) is 12.5 Å². The Bertz CT molecular complexity index is 1060. The van der Waals surface area contributed by atoms with Crippen molar-refractivity contribution in [1.29, 1.82) is 0 Å². The molecule has 0 saturated heterocycles. The molecular weight excluding hydrogens is 330 g/mol. The molecular formula is C21H18NO4+. The summed E-state index contributed by atoms with van der Waals surface area (Å²) >= 11 is 0. The molecule has 0 aliphatic carbocycles. The Kier molecular flexibility index (Phi) is 2.89. The molecule has 0 unspecified atom stereocenters. The van der Waals surface area contributed by atoms with Crippen LogP contribution in [0.5, 0.6) is 23.0 Å². The lowest BCUT2D eigenvalue weighted by Crippen LogP contribution is -2.40. The highest BCUT2D eigenvalue weighted by atomic mass is 16.6. The first-order chi connectivity index (χ1) is 12.9. The second-order valence-electron chi connectivity index (χ2n) is 6.85. The molecule has 5 nitrogen and oxygen atoms in total. The van der Waals surface area contributed by atoms with Gasteiger partial charge in [0.1, 0.15) is 26.4 Å². The van der Waals surface area contributed by atoms with Crippen molar-refractivity contribution in [3.05, 3.63) is 42.1 Å². The minimum absolute atomic E-state index is 0.597. The van der Waals surface area contributed by atoms with E-state index in [4.69, 9.17) is 18.9 Å². The van der Waals surface area contributed by atoms with E-state index in [0.29, 0.717) is 26.4 Å². The first-order valence-corrected chi connectivity index (χ1v) is 9.05. The lowest BCUT2D eigenvalue weighted by Gasteiger charge is -2.23. The number of aryl methyl sites for hydroxylation is 2. The zero-order valence-electron chi connectivity index (χ0n) is 14.3. The fraction of sp³-hybridized carbons (Fsp3) is 0.286. The average molecular weight is 348 g/mol. The predicted molar refractivity (Wildman–Crippen MR) is 95.3 cm³/mol. The highest BCUT2D eigenvalue weighted by Gasteiger charge is 2.28. The van der Waals surface area contributed by atoms with E-state index in [0.717, 1.165) is 46.7 Å². The monoisotopic (exact) mass is 348 g/mol. The molecule has 26 heavy (non-hydrogen) atoms. The van der Waals surface area contributed by atoms with Gasteiger partial charge < -0.3 is 18.9 Å². The van der Waals surface area contributed by atoms with Crippen LogP contribution >= 0.6 is 0 Å². The Morgan fingerprint density at radius 3 is 2.42 bits per heavy atom. The molecule has 130 valence electrons. The van der Waals surface area contributed by atoms with Crippen LogP contribution < -0.4 is 23.5 Å². The molecule has 1 aromatic heterocycles. The van der Waals surface area contributed by atoms with E-state index in [1.165, 1.54) is 16.8 Å². The first kappa shape index (κ1) is 14.2. The maximum Gasteiger partial charge on any atom is 0.213 e. The van der Waals surface area contributed by atoms with Crippen molar-refractivity contribution < 1.29 is 23.5 Å². The zero-order chi connectivity index (χ0) is 17.1. The molecule has 4 heterocycles. The number of rotatable bonds is 0. The van der Waals surface area contributed by atoms with Gasteiger partial charge in [-0.25, -0.2) is 0 Å². The van der Waals surface area contributed by atoms with Crippen LogP contribution in [0.25, 0.3) is 22.0 Å². The summed E-state index contributed by atoms with van der Waals surface area (Å²) in [5.74, 6) is 3.40. The summed E-state index contributed by atoms with van der Waals surface area (Å²) in [4.78, 5) is 0. The van der Waals surface area contributed by atoms with Crippen molar-refractivity contribution >= 4 is 10.8 Å². The number of aromatic nitrogens is 1. The average Bonchev–Trinajstić information content (AvgIpc) is 2.71. The number of pyridine rings is 1. The third-order valence-electron chi connectivity index (χ3n) is 5.33. The van der Waals surface area contributed by atoms with E-state index >= 15 is 0 Å². The fourth-order valence-electron chi connectivity index (χ4n) is 4.10. The molecule has 0 amide bonds. The minimum atomic E-state index is 0.597. The van der Waals surface area contributed by atoms with E-state index in [1.807, 2.05) is 6.07 Å². The van der Waals surface area contributed by atoms with Crippen molar-refractivity contribution in [3.63, 3.8) is 0 Å². The van der Waals surface area contributed by atoms with Crippen LogP contribution in [-0.2, 0) is 13.0 Å². The van der Waals surface area contributed by atoms with E-state index < -0.39 is 0 Å². The topological polar surface area (TPSA) is 40.8 Å². The Morgan fingerprint density at radius 1 is 0.769 bits per heavy atom. The van der Waals surface area contributed by atoms with Gasteiger partial charge in [-0.3, -0.25) is 0 Å². The standard InChI is InChI=1S/C21H18NO4/c1-2-18-21(26-8-7-23-18)16-12-22-4-3-14-10-19-20(25-6-5-24-19)11-15(14)17(22)9-13(1)16/h1-2,9-12H,3-8H2/q+1. The van der Waals surface area contributed by atoms with Gasteiger partial charge in [-0.1, -0.05) is 0 Å². The second-order valence-corrected chi connectivity index (χ2v) is 6.85. The second kappa shape index (κ2) is 5.27. The number of benzene rings is 2. The summed E-state index contributed by atoms with van der Waals surface area (Å²) in [7, 11) is 0. The molecule has 3 aliphatic rings. The quantitative estimate of drug-likeness (QED) is 0.586. The molecule has 0 N–H and O–H groups in total. The van der Waals surface area contributed by atoms with Crippen molar-refractivity contribution in [2.45, 2.75) is 13.0 Å². The Labute approximate surface area is 150 Å². The van der Waals surface area contributed by atoms with Gasteiger partial charge in [-0.2, -0.15) is 4.57 Å². The molecule has 0 radical (unpaired) electrons. The molecule has 6 rings (SSSR count). The Balaban J connectivity index is 1.57. The third kappa shape index (κ3) is 2.00. The molecule has 0 spiro atoms. The van der Waals surface area contributed by atoms with Gasteiger partial charge in [-0.05, 0) is 35.2 Å². The molecule has 0 bridgehead atoms. The highest BCUT2D eigenvalue weighted by Crippen LogP contribution is 2.41.